The van der Waals surface area contributed by atoms with E-state index in [0.717, 1.165) is 44.6 Å². The molecule has 1 aliphatic heterocycles. The number of rotatable bonds is 8. The summed E-state index contributed by atoms with van der Waals surface area (Å²) >= 11 is 0. The minimum Gasteiger partial charge on any atom is -0.372 e. The molecule has 1 aromatic rings. The van der Waals surface area contributed by atoms with Gasteiger partial charge in [-0.05, 0) is 56.4 Å². The summed E-state index contributed by atoms with van der Waals surface area (Å²) in [6.07, 6.45) is 7.76. The number of carbonyl (C=O) groups excluding carboxylic acids is 2. The number of piperidine rings is 1. The van der Waals surface area contributed by atoms with Gasteiger partial charge in [-0.2, -0.15) is 0 Å². The van der Waals surface area contributed by atoms with Crippen LogP contribution in [0.5, 0.6) is 0 Å². The second kappa shape index (κ2) is 9.06. The van der Waals surface area contributed by atoms with E-state index in [9.17, 15) is 9.59 Å². The first-order chi connectivity index (χ1) is 12.7. The molecule has 5 nitrogen and oxygen atoms in total. The van der Waals surface area contributed by atoms with Gasteiger partial charge in [0.15, 0.2) is 0 Å². The van der Waals surface area contributed by atoms with E-state index < -0.39 is 0 Å². The van der Waals surface area contributed by atoms with Crippen molar-refractivity contribution in [3.05, 3.63) is 24.3 Å². The molecule has 142 valence electrons. The molecule has 1 aliphatic carbocycles. The summed E-state index contributed by atoms with van der Waals surface area (Å²) in [6.45, 7) is 5.09. The quantitative estimate of drug-likeness (QED) is 0.699. The standard InChI is InChI=1S/C21H31N3O2/c1-2-3-5-12-22-20(25)18-15-19(18)21(26)23-16-8-10-17(11-9-16)24-13-6-4-7-14-24/h8-11,18-19H,2-7,12-15H2,1H3,(H,22,25)(H,23,26). The lowest BCUT2D eigenvalue weighted by Crippen LogP contribution is -2.29. The predicted octanol–water partition coefficient (Wildman–Crippen LogP) is 3.56. The number of nitrogens with one attached hydrogen (secondary N) is 2. The predicted molar refractivity (Wildman–Crippen MR) is 105 cm³/mol. The maximum atomic E-state index is 12.4. The van der Waals surface area contributed by atoms with Gasteiger partial charge in [0.25, 0.3) is 0 Å². The van der Waals surface area contributed by atoms with Gasteiger partial charge in [0.05, 0.1) is 11.8 Å². The zero-order valence-electron chi connectivity index (χ0n) is 15.8. The molecule has 26 heavy (non-hydrogen) atoms. The maximum Gasteiger partial charge on any atom is 0.228 e. The Labute approximate surface area is 156 Å². The fourth-order valence-electron chi connectivity index (χ4n) is 3.63. The van der Waals surface area contributed by atoms with Gasteiger partial charge in [-0.25, -0.2) is 0 Å². The SMILES string of the molecule is CCCCCNC(=O)C1CC1C(=O)Nc1ccc(N2CCCCC2)cc1. The van der Waals surface area contributed by atoms with Crippen LogP contribution in [0.25, 0.3) is 0 Å². The third-order valence-corrected chi connectivity index (χ3v) is 5.40. The van der Waals surface area contributed by atoms with Gasteiger partial charge in [0, 0.05) is 31.0 Å². The molecule has 0 radical (unpaired) electrons. The maximum absolute atomic E-state index is 12.4. The van der Waals surface area contributed by atoms with Gasteiger partial charge in [-0.1, -0.05) is 19.8 Å². The van der Waals surface area contributed by atoms with Crippen LogP contribution in [0.15, 0.2) is 24.3 Å². The largest absolute Gasteiger partial charge is 0.372 e. The average molecular weight is 357 g/mol. The highest BCUT2D eigenvalue weighted by Gasteiger charge is 2.47. The number of carbonyl (C=O) groups is 2. The Balaban J connectivity index is 1.43. The molecule has 5 heteroatoms. The van der Waals surface area contributed by atoms with Crippen LogP contribution in [-0.2, 0) is 9.59 Å². The summed E-state index contributed by atoms with van der Waals surface area (Å²) < 4.78 is 0. The van der Waals surface area contributed by atoms with Gasteiger partial charge in [-0.3, -0.25) is 9.59 Å². The first-order valence-electron chi connectivity index (χ1n) is 10.1. The molecule has 1 saturated heterocycles. The molecule has 0 bridgehead atoms. The van der Waals surface area contributed by atoms with Crippen molar-refractivity contribution in [3.63, 3.8) is 0 Å². The topological polar surface area (TPSA) is 61.4 Å². The normalized spacial score (nSPS) is 22.0. The monoisotopic (exact) mass is 357 g/mol. The summed E-state index contributed by atoms with van der Waals surface area (Å²) in [7, 11) is 0. The molecule has 0 aromatic heterocycles. The van der Waals surface area contributed by atoms with E-state index in [1.165, 1.54) is 24.9 Å². The molecule has 2 unspecified atom stereocenters. The first-order valence-corrected chi connectivity index (χ1v) is 10.1. The lowest BCUT2D eigenvalue weighted by atomic mass is 10.1. The Morgan fingerprint density at radius 3 is 2.38 bits per heavy atom. The molecular weight excluding hydrogens is 326 g/mol. The van der Waals surface area contributed by atoms with Crippen molar-refractivity contribution in [2.75, 3.05) is 29.9 Å². The molecule has 1 heterocycles. The van der Waals surface area contributed by atoms with Crippen molar-refractivity contribution in [1.29, 1.82) is 0 Å². The molecule has 1 saturated carbocycles. The summed E-state index contributed by atoms with van der Waals surface area (Å²) in [5, 5.41) is 5.91. The third-order valence-electron chi connectivity index (χ3n) is 5.40. The smallest absolute Gasteiger partial charge is 0.228 e. The molecular formula is C21H31N3O2. The van der Waals surface area contributed by atoms with Crippen LogP contribution in [0.4, 0.5) is 11.4 Å². The number of benzene rings is 1. The molecule has 2 amide bonds. The lowest BCUT2D eigenvalue weighted by Gasteiger charge is -2.28. The van der Waals surface area contributed by atoms with Crippen LogP contribution in [-0.4, -0.2) is 31.4 Å². The average Bonchev–Trinajstić information content (AvgIpc) is 3.47. The first kappa shape index (κ1) is 18.7. The van der Waals surface area contributed by atoms with Crippen molar-refractivity contribution >= 4 is 23.2 Å². The van der Waals surface area contributed by atoms with E-state index in [-0.39, 0.29) is 23.7 Å². The Morgan fingerprint density at radius 1 is 1.00 bits per heavy atom. The van der Waals surface area contributed by atoms with E-state index in [1.54, 1.807) is 0 Å². The number of nitrogens with zero attached hydrogens (tertiary/aromatic N) is 1. The van der Waals surface area contributed by atoms with Crippen molar-refractivity contribution in [2.24, 2.45) is 11.8 Å². The van der Waals surface area contributed by atoms with E-state index in [0.29, 0.717) is 6.42 Å². The summed E-state index contributed by atoms with van der Waals surface area (Å²) in [5.74, 6) is -0.335. The molecule has 2 N–H and O–H groups in total. The van der Waals surface area contributed by atoms with Gasteiger partial charge in [0.2, 0.25) is 11.8 Å². The van der Waals surface area contributed by atoms with Crippen molar-refractivity contribution in [2.45, 2.75) is 51.9 Å². The summed E-state index contributed by atoms with van der Waals surface area (Å²) in [6, 6.07) is 8.07. The minimum absolute atomic E-state index is 0.0294. The van der Waals surface area contributed by atoms with Gasteiger partial charge < -0.3 is 15.5 Å². The number of amides is 2. The highest BCUT2D eigenvalue weighted by molar-refractivity contribution is 5.99. The molecule has 2 atom stereocenters. The molecule has 2 fully saturated rings. The van der Waals surface area contributed by atoms with Crippen LogP contribution in [0.2, 0.25) is 0 Å². The highest BCUT2D eigenvalue weighted by atomic mass is 16.2. The fraction of sp³-hybridized carbons (Fsp3) is 0.619. The lowest BCUT2D eigenvalue weighted by molar-refractivity contribution is -0.125. The van der Waals surface area contributed by atoms with Crippen LogP contribution in [0.3, 0.4) is 0 Å². The zero-order valence-corrected chi connectivity index (χ0v) is 15.8. The van der Waals surface area contributed by atoms with Crippen molar-refractivity contribution in [1.82, 2.24) is 5.32 Å². The van der Waals surface area contributed by atoms with Crippen LogP contribution in [0, 0.1) is 11.8 Å². The minimum atomic E-state index is -0.178. The van der Waals surface area contributed by atoms with Crippen LogP contribution in [0.1, 0.15) is 51.9 Å². The second-order valence-electron chi connectivity index (χ2n) is 7.53. The van der Waals surface area contributed by atoms with E-state index in [1.807, 2.05) is 12.1 Å². The molecule has 1 aromatic carbocycles. The van der Waals surface area contributed by atoms with Gasteiger partial charge in [0.1, 0.15) is 0 Å². The van der Waals surface area contributed by atoms with E-state index in [2.05, 4.69) is 34.6 Å². The fourth-order valence-corrected chi connectivity index (χ4v) is 3.63. The Morgan fingerprint density at radius 2 is 1.69 bits per heavy atom. The van der Waals surface area contributed by atoms with E-state index >= 15 is 0 Å². The number of unbranched alkanes of at least 4 members (excludes halogenated alkanes) is 2. The summed E-state index contributed by atoms with van der Waals surface area (Å²) in [5.41, 5.74) is 2.03. The van der Waals surface area contributed by atoms with Gasteiger partial charge in [-0.15, -0.1) is 0 Å². The third kappa shape index (κ3) is 4.99. The van der Waals surface area contributed by atoms with Crippen molar-refractivity contribution < 1.29 is 9.59 Å². The second-order valence-corrected chi connectivity index (χ2v) is 7.53. The Bertz CT molecular complexity index is 608. The molecule has 2 aliphatic rings. The summed E-state index contributed by atoms with van der Waals surface area (Å²) in [4.78, 5) is 26.8. The highest BCUT2D eigenvalue weighted by Crippen LogP contribution is 2.39. The molecule has 0 spiro atoms. The van der Waals surface area contributed by atoms with Gasteiger partial charge >= 0.3 is 0 Å². The van der Waals surface area contributed by atoms with Crippen molar-refractivity contribution in [3.8, 4) is 0 Å². The van der Waals surface area contributed by atoms with Crippen LogP contribution >= 0.6 is 0 Å². The number of anilines is 2. The number of hydrogen-bond acceptors (Lipinski definition) is 3. The zero-order chi connectivity index (χ0) is 18.4. The Kier molecular flexibility index (Phi) is 6.53. The van der Waals surface area contributed by atoms with E-state index in [4.69, 9.17) is 0 Å². The van der Waals surface area contributed by atoms with Crippen LogP contribution < -0.4 is 15.5 Å². The number of hydrogen-bond donors (Lipinski definition) is 2. The molecule has 3 rings (SSSR count). The Hall–Kier alpha value is -2.04.